The van der Waals surface area contributed by atoms with Crippen molar-refractivity contribution in [2.75, 3.05) is 6.61 Å². The summed E-state index contributed by atoms with van der Waals surface area (Å²) < 4.78 is 0. The second kappa shape index (κ2) is 14.6. The molecule has 0 aromatic heterocycles. The first-order valence-electron chi connectivity index (χ1n) is 8.83. The van der Waals surface area contributed by atoms with Gasteiger partial charge >= 0.3 is 0 Å². The molecule has 0 unspecified atom stereocenters. The SMILES string of the molecule is CCCCCCC(O)(O)CC=CCCCCCCCCO. The summed E-state index contributed by atoms with van der Waals surface area (Å²) in [6.07, 6.45) is 17.0. The minimum absolute atomic E-state index is 0.311. The molecule has 0 heterocycles. The molecule has 0 aromatic carbocycles. The fourth-order valence-corrected chi connectivity index (χ4v) is 2.41. The molecule has 0 aliphatic rings. The van der Waals surface area contributed by atoms with Crippen LogP contribution >= 0.6 is 0 Å². The molecule has 0 radical (unpaired) electrons. The maximum absolute atomic E-state index is 9.82. The van der Waals surface area contributed by atoms with Gasteiger partial charge in [-0.25, -0.2) is 0 Å². The standard InChI is InChI=1S/C18H36O3/c1-2-3-4-12-15-18(20,21)16-13-10-8-6-5-7-9-11-14-17-19/h10,13,19-21H,2-9,11-12,14-17H2,1H3. The molecule has 0 rings (SSSR count). The van der Waals surface area contributed by atoms with Gasteiger partial charge in [0.2, 0.25) is 0 Å². The third-order valence-corrected chi connectivity index (χ3v) is 3.82. The van der Waals surface area contributed by atoms with E-state index < -0.39 is 5.79 Å². The second-order valence-electron chi connectivity index (χ2n) is 6.10. The van der Waals surface area contributed by atoms with E-state index in [-0.39, 0.29) is 0 Å². The molecular formula is C18H36O3. The Bertz CT molecular complexity index is 237. The first kappa shape index (κ1) is 20.6. The Morgan fingerprint density at radius 1 is 0.762 bits per heavy atom. The van der Waals surface area contributed by atoms with Crippen molar-refractivity contribution in [2.45, 2.75) is 96.2 Å². The van der Waals surface area contributed by atoms with Crippen molar-refractivity contribution in [3.05, 3.63) is 12.2 Å². The van der Waals surface area contributed by atoms with E-state index >= 15 is 0 Å². The molecule has 0 saturated heterocycles. The highest BCUT2D eigenvalue weighted by Crippen LogP contribution is 2.17. The van der Waals surface area contributed by atoms with E-state index in [9.17, 15) is 10.2 Å². The molecule has 0 aliphatic heterocycles. The van der Waals surface area contributed by atoms with Crippen LogP contribution in [0.4, 0.5) is 0 Å². The predicted molar refractivity (Wildman–Crippen MR) is 89.1 cm³/mol. The zero-order chi connectivity index (χ0) is 15.8. The van der Waals surface area contributed by atoms with Crippen LogP contribution in [-0.2, 0) is 0 Å². The maximum atomic E-state index is 9.82. The van der Waals surface area contributed by atoms with Crippen LogP contribution in [0.25, 0.3) is 0 Å². The number of allylic oxidation sites excluding steroid dienone is 1. The first-order chi connectivity index (χ1) is 10.1. The normalized spacial score (nSPS) is 12.4. The molecule has 0 spiro atoms. The van der Waals surface area contributed by atoms with Gasteiger partial charge in [0.1, 0.15) is 0 Å². The largest absolute Gasteiger partial charge is 0.396 e. The van der Waals surface area contributed by atoms with E-state index in [4.69, 9.17) is 5.11 Å². The van der Waals surface area contributed by atoms with Crippen LogP contribution in [0.2, 0.25) is 0 Å². The number of aliphatic hydroxyl groups excluding tert-OH is 1. The van der Waals surface area contributed by atoms with Crippen LogP contribution < -0.4 is 0 Å². The van der Waals surface area contributed by atoms with Gasteiger partial charge in [-0.05, 0) is 25.7 Å². The van der Waals surface area contributed by atoms with E-state index in [1.54, 1.807) is 0 Å². The van der Waals surface area contributed by atoms with Gasteiger partial charge < -0.3 is 15.3 Å². The van der Waals surface area contributed by atoms with Crippen LogP contribution in [0.5, 0.6) is 0 Å². The number of unbranched alkanes of at least 4 members (excludes halogenated alkanes) is 9. The highest BCUT2D eigenvalue weighted by atomic mass is 16.5. The summed E-state index contributed by atoms with van der Waals surface area (Å²) in [6.45, 7) is 2.46. The average molecular weight is 300 g/mol. The van der Waals surface area contributed by atoms with E-state index in [1.165, 1.54) is 32.1 Å². The van der Waals surface area contributed by atoms with E-state index in [0.717, 1.165) is 38.5 Å². The number of rotatable bonds is 15. The molecule has 0 bridgehead atoms. The lowest BCUT2D eigenvalue weighted by atomic mass is 10.0. The molecule has 21 heavy (non-hydrogen) atoms. The molecule has 3 nitrogen and oxygen atoms in total. The summed E-state index contributed by atoms with van der Waals surface area (Å²) in [6, 6.07) is 0. The van der Waals surface area contributed by atoms with E-state index in [1.807, 2.05) is 6.08 Å². The van der Waals surface area contributed by atoms with Gasteiger partial charge in [0.15, 0.2) is 5.79 Å². The third kappa shape index (κ3) is 15.8. The molecule has 0 amide bonds. The van der Waals surface area contributed by atoms with Gasteiger partial charge in [-0.2, -0.15) is 0 Å². The van der Waals surface area contributed by atoms with Crippen molar-refractivity contribution in [1.29, 1.82) is 0 Å². The smallest absolute Gasteiger partial charge is 0.165 e. The predicted octanol–water partition coefficient (Wildman–Crippen LogP) is 4.31. The minimum Gasteiger partial charge on any atom is -0.396 e. The highest BCUT2D eigenvalue weighted by molar-refractivity contribution is 4.86. The van der Waals surface area contributed by atoms with Gasteiger partial charge in [-0.1, -0.05) is 64.0 Å². The van der Waals surface area contributed by atoms with Crippen molar-refractivity contribution in [3.63, 3.8) is 0 Å². The summed E-state index contributed by atoms with van der Waals surface area (Å²) in [5, 5.41) is 28.3. The van der Waals surface area contributed by atoms with Crippen molar-refractivity contribution in [1.82, 2.24) is 0 Å². The van der Waals surface area contributed by atoms with Crippen LogP contribution in [0.1, 0.15) is 90.4 Å². The van der Waals surface area contributed by atoms with Crippen molar-refractivity contribution in [3.8, 4) is 0 Å². The Morgan fingerprint density at radius 2 is 1.38 bits per heavy atom. The van der Waals surface area contributed by atoms with Gasteiger partial charge in [0.25, 0.3) is 0 Å². The van der Waals surface area contributed by atoms with Crippen molar-refractivity contribution in [2.24, 2.45) is 0 Å². The van der Waals surface area contributed by atoms with Crippen molar-refractivity contribution >= 4 is 0 Å². The lowest BCUT2D eigenvalue weighted by Crippen LogP contribution is -2.26. The zero-order valence-corrected chi connectivity index (χ0v) is 13.9. The topological polar surface area (TPSA) is 60.7 Å². The fraction of sp³-hybridized carbons (Fsp3) is 0.889. The molecule has 0 atom stereocenters. The van der Waals surface area contributed by atoms with Crippen molar-refractivity contribution < 1.29 is 15.3 Å². The average Bonchev–Trinajstić information content (AvgIpc) is 2.45. The van der Waals surface area contributed by atoms with E-state index in [2.05, 4.69) is 13.0 Å². The number of hydrogen-bond acceptors (Lipinski definition) is 3. The second-order valence-corrected chi connectivity index (χ2v) is 6.10. The molecule has 0 aromatic rings. The molecule has 0 saturated carbocycles. The van der Waals surface area contributed by atoms with Crippen LogP contribution in [0, 0.1) is 0 Å². The van der Waals surface area contributed by atoms with E-state index in [0.29, 0.717) is 19.4 Å². The highest BCUT2D eigenvalue weighted by Gasteiger charge is 2.19. The monoisotopic (exact) mass is 300 g/mol. The maximum Gasteiger partial charge on any atom is 0.165 e. The summed E-state index contributed by atoms with van der Waals surface area (Å²) in [5.41, 5.74) is 0. The Hall–Kier alpha value is -0.380. The Morgan fingerprint density at radius 3 is 2.05 bits per heavy atom. The molecular weight excluding hydrogens is 264 g/mol. The molecule has 126 valence electrons. The summed E-state index contributed by atoms with van der Waals surface area (Å²) in [4.78, 5) is 0. The summed E-state index contributed by atoms with van der Waals surface area (Å²) in [7, 11) is 0. The van der Waals surface area contributed by atoms with Crippen LogP contribution in [-0.4, -0.2) is 27.7 Å². The van der Waals surface area contributed by atoms with Crippen LogP contribution in [0.3, 0.4) is 0 Å². The quantitative estimate of drug-likeness (QED) is 0.240. The third-order valence-electron chi connectivity index (χ3n) is 3.82. The number of hydrogen-bond donors (Lipinski definition) is 3. The van der Waals surface area contributed by atoms with Gasteiger partial charge in [0, 0.05) is 19.4 Å². The Labute approximate surface area is 131 Å². The lowest BCUT2D eigenvalue weighted by molar-refractivity contribution is -0.163. The Balaban J connectivity index is 3.43. The minimum atomic E-state index is -1.52. The first-order valence-corrected chi connectivity index (χ1v) is 8.83. The lowest BCUT2D eigenvalue weighted by Gasteiger charge is -2.19. The Kier molecular flexibility index (Phi) is 14.3. The van der Waals surface area contributed by atoms with Crippen LogP contribution in [0.15, 0.2) is 12.2 Å². The molecule has 3 heteroatoms. The zero-order valence-electron chi connectivity index (χ0n) is 13.9. The van der Waals surface area contributed by atoms with Gasteiger partial charge in [-0.15, -0.1) is 0 Å². The van der Waals surface area contributed by atoms with Gasteiger partial charge in [-0.3, -0.25) is 0 Å². The molecule has 0 fully saturated rings. The fourth-order valence-electron chi connectivity index (χ4n) is 2.41. The summed E-state index contributed by atoms with van der Waals surface area (Å²) in [5.74, 6) is -1.52. The molecule has 0 aliphatic carbocycles. The molecule has 3 N–H and O–H groups in total. The number of aliphatic hydroxyl groups is 3. The summed E-state index contributed by atoms with van der Waals surface area (Å²) >= 11 is 0. The van der Waals surface area contributed by atoms with Gasteiger partial charge in [0.05, 0.1) is 0 Å².